The number of anilines is 1. The zero-order valence-corrected chi connectivity index (χ0v) is 15.0. The highest BCUT2D eigenvalue weighted by atomic mass is 19.3. The molecule has 2 rings (SSSR count). The number of carbonyl (C=O) groups is 2. The fourth-order valence-electron chi connectivity index (χ4n) is 3.00. The van der Waals surface area contributed by atoms with Crippen LogP contribution < -0.4 is 15.4 Å². The molecule has 0 aliphatic carbocycles. The number of rotatable bonds is 7. The molecule has 26 heavy (non-hydrogen) atoms. The van der Waals surface area contributed by atoms with Crippen LogP contribution in [0.2, 0.25) is 0 Å². The van der Waals surface area contributed by atoms with E-state index in [1.807, 2.05) is 0 Å². The zero-order chi connectivity index (χ0) is 19.1. The molecule has 1 aliphatic rings. The Morgan fingerprint density at radius 1 is 1.27 bits per heavy atom. The largest absolute Gasteiger partial charge is 0.433 e. The lowest BCUT2D eigenvalue weighted by Crippen LogP contribution is -2.47. The highest BCUT2D eigenvalue weighted by molar-refractivity contribution is 5.95. The molecule has 1 aromatic carbocycles. The van der Waals surface area contributed by atoms with Gasteiger partial charge in [-0.05, 0) is 50.9 Å². The minimum absolute atomic E-state index is 0.0372. The lowest BCUT2D eigenvalue weighted by molar-refractivity contribution is -0.121. The summed E-state index contributed by atoms with van der Waals surface area (Å²) in [5.74, 6) is 0.0446. The minimum Gasteiger partial charge on any atom is -0.433 e. The summed E-state index contributed by atoms with van der Waals surface area (Å²) in [4.78, 5) is 25.5. The van der Waals surface area contributed by atoms with Crippen molar-refractivity contribution in [3.63, 3.8) is 0 Å². The first-order chi connectivity index (χ1) is 12.4. The highest BCUT2D eigenvalue weighted by Crippen LogP contribution is 2.26. The summed E-state index contributed by atoms with van der Waals surface area (Å²) < 4.78 is 29.4. The summed E-state index contributed by atoms with van der Waals surface area (Å²) in [7, 11) is 0. The molecule has 0 saturated carbocycles. The van der Waals surface area contributed by atoms with Crippen LogP contribution in [-0.4, -0.2) is 49.0 Å². The van der Waals surface area contributed by atoms with E-state index in [1.165, 1.54) is 19.1 Å². The lowest BCUT2D eigenvalue weighted by atomic mass is 9.95. The van der Waals surface area contributed by atoms with E-state index in [4.69, 9.17) is 0 Å². The predicted molar refractivity (Wildman–Crippen MR) is 94.1 cm³/mol. The van der Waals surface area contributed by atoms with Crippen LogP contribution in [-0.2, 0) is 9.59 Å². The molecule has 1 aliphatic heterocycles. The first-order valence-electron chi connectivity index (χ1n) is 8.70. The van der Waals surface area contributed by atoms with Crippen LogP contribution in [0, 0.1) is 5.92 Å². The van der Waals surface area contributed by atoms with E-state index in [1.54, 1.807) is 19.1 Å². The average molecular weight is 369 g/mol. The molecule has 1 unspecified atom stereocenters. The summed E-state index contributed by atoms with van der Waals surface area (Å²) in [6, 6.07) is 5.74. The van der Waals surface area contributed by atoms with Gasteiger partial charge in [0.2, 0.25) is 11.8 Å². The van der Waals surface area contributed by atoms with E-state index in [0.717, 1.165) is 25.9 Å². The standard InChI is InChI=1S/C18H25F2N3O3/c1-12(23-9-7-14(8-10-23)11-21-13(2)24)17(25)22-15-5-3-4-6-16(15)26-18(19)20/h3-6,12,14,18H,7-11H2,1-2H3,(H,21,24)(H,22,25). The zero-order valence-electron chi connectivity index (χ0n) is 15.0. The predicted octanol–water partition coefficient (Wildman–Crippen LogP) is 2.46. The molecule has 1 aromatic rings. The number of hydrogen-bond acceptors (Lipinski definition) is 4. The molecule has 6 nitrogen and oxygen atoms in total. The SMILES string of the molecule is CC(=O)NCC1CCN(C(C)C(=O)Nc2ccccc2OC(F)F)CC1. The summed E-state index contributed by atoms with van der Waals surface area (Å²) in [6.45, 7) is 2.48. The first-order valence-corrected chi connectivity index (χ1v) is 8.70. The van der Waals surface area contributed by atoms with E-state index in [-0.39, 0.29) is 23.3 Å². The molecule has 2 amide bonds. The van der Waals surface area contributed by atoms with E-state index < -0.39 is 12.7 Å². The van der Waals surface area contributed by atoms with Gasteiger partial charge in [-0.3, -0.25) is 14.5 Å². The van der Waals surface area contributed by atoms with Crippen LogP contribution in [0.15, 0.2) is 24.3 Å². The summed E-state index contributed by atoms with van der Waals surface area (Å²) in [5.41, 5.74) is 0.227. The fraction of sp³-hybridized carbons (Fsp3) is 0.556. The van der Waals surface area contributed by atoms with Crippen molar-refractivity contribution in [2.24, 2.45) is 5.92 Å². The number of hydrogen-bond donors (Lipinski definition) is 2. The molecule has 0 spiro atoms. The van der Waals surface area contributed by atoms with Gasteiger partial charge < -0.3 is 15.4 Å². The molecule has 0 bridgehead atoms. The van der Waals surface area contributed by atoms with Gasteiger partial charge in [0.05, 0.1) is 11.7 Å². The lowest BCUT2D eigenvalue weighted by Gasteiger charge is -2.35. The van der Waals surface area contributed by atoms with Crippen molar-refractivity contribution in [2.45, 2.75) is 39.3 Å². The van der Waals surface area contributed by atoms with Gasteiger partial charge in [0.1, 0.15) is 5.75 Å². The van der Waals surface area contributed by atoms with Crippen LogP contribution >= 0.6 is 0 Å². The first kappa shape index (κ1) is 20.1. The number of nitrogens with zero attached hydrogens (tertiary/aromatic N) is 1. The topological polar surface area (TPSA) is 70.7 Å². The van der Waals surface area contributed by atoms with Gasteiger partial charge in [0, 0.05) is 13.5 Å². The summed E-state index contributed by atoms with van der Waals surface area (Å²) in [5, 5.41) is 5.49. The van der Waals surface area contributed by atoms with Crippen LogP contribution in [0.3, 0.4) is 0 Å². The van der Waals surface area contributed by atoms with Gasteiger partial charge in [0.25, 0.3) is 0 Å². The quantitative estimate of drug-likeness (QED) is 0.775. The Bertz CT molecular complexity index is 619. The third-order valence-corrected chi connectivity index (χ3v) is 4.58. The van der Waals surface area contributed by atoms with E-state index >= 15 is 0 Å². The molecule has 1 fully saturated rings. The van der Waals surface area contributed by atoms with E-state index in [0.29, 0.717) is 12.5 Å². The number of alkyl halides is 2. The van der Waals surface area contributed by atoms with Crippen molar-refractivity contribution in [3.8, 4) is 5.75 Å². The Morgan fingerprint density at radius 2 is 1.92 bits per heavy atom. The molecular formula is C18H25F2N3O3. The second-order valence-electron chi connectivity index (χ2n) is 6.46. The van der Waals surface area contributed by atoms with Crippen LogP contribution in [0.1, 0.15) is 26.7 Å². The Morgan fingerprint density at radius 3 is 2.54 bits per heavy atom. The summed E-state index contributed by atoms with van der Waals surface area (Å²) in [6.07, 6.45) is 1.78. The van der Waals surface area contributed by atoms with Crippen LogP contribution in [0.4, 0.5) is 14.5 Å². The number of para-hydroxylation sites is 2. The maximum atomic E-state index is 12.5. The molecule has 2 N–H and O–H groups in total. The number of amides is 2. The molecule has 1 heterocycles. The highest BCUT2D eigenvalue weighted by Gasteiger charge is 2.27. The van der Waals surface area contributed by atoms with E-state index in [2.05, 4.69) is 20.3 Å². The van der Waals surface area contributed by atoms with Gasteiger partial charge in [-0.2, -0.15) is 8.78 Å². The fourth-order valence-corrected chi connectivity index (χ4v) is 3.00. The van der Waals surface area contributed by atoms with Gasteiger partial charge in [-0.15, -0.1) is 0 Å². The maximum Gasteiger partial charge on any atom is 0.387 e. The van der Waals surface area contributed by atoms with Gasteiger partial charge in [-0.25, -0.2) is 0 Å². The second-order valence-corrected chi connectivity index (χ2v) is 6.46. The van der Waals surface area contributed by atoms with Crippen LogP contribution in [0.5, 0.6) is 5.75 Å². The Labute approximate surface area is 151 Å². The van der Waals surface area contributed by atoms with Crippen molar-refractivity contribution in [1.29, 1.82) is 0 Å². The number of likely N-dealkylation sites (tertiary alicyclic amines) is 1. The summed E-state index contributed by atoms with van der Waals surface area (Å²) >= 11 is 0. The Hall–Kier alpha value is -2.22. The smallest absolute Gasteiger partial charge is 0.387 e. The Balaban J connectivity index is 1.88. The monoisotopic (exact) mass is 369 g/mol. The second kappa shape index (κ2) is 9.47. The molecule has 144 valence electrons. The molecular weight excluding hydrogens is 344 g/mol. The number of carbonyl (C=O) groups excluding carboxylic acids is 2. The average Bonchev–Trinajstić information content (AvgIpc) is 2.61. The number of ether oxygens (including phenoxy) is 1. The molecule has 1 saturated heterocycles. The number of benzene rings is 1. The number of halogens is 2. The van der Waals surface area contributed by atoms with Crippen molar-refractivity contribution in [1.82, 2.24) is 10.2 Å². The minimum atomic E-state index is -2.95. The van der Waals surface area contributed by atoms with Gasteiger partial charge in [0.15, 0.2) is 0 Å². The third-order valence-electron chi connectivity index (χ3n) is 4.58. The van der Waals surface area contributed by atoms with Crippen LogP contribution in [0.25, 0.3) is 0 Å². The van der Waals surface area contributed by atoms with Gasteiger partial charge in [-0.1, -0.05) is 12.1 Å². The van der Waals surface area contributed by atoms with E-state index in [9.17, 15) is 18.4 Å². The number of piperidine rings is 1. The number of nitrogens with one attached hydrogen (secondary N) is 2. The van der Waals surface area contributed by atoms with Crippen molar-refractivity contribution >= 4 is 17.5 Å². The van der Waals surface area contributed by atoms with Crippen molar-refractivity contribution in [2.75, 3.05) is 25.0 Å². The maximum absolute atomic E-state index is 12.5. The molecule has 8 heteroatoms. The molecule has 0 aromatic heterocycles. The normalized spacial score (nSPS) is 17.0. The van der Waals surface area contributed by atoms with Crippen molar-refractivity contribution in [3.05, 3.63) is 24.3 Å². The molecule has 1 atom stereocenters. The molecule has 0 radical (unpaired) electrons. The van der Waals surface area contributed by atoms with Gasteiger partial charge >= 0.3 is 6.61 Å². The third kappa shape index (κ3) is 5.94. The van der Waals surface area contributed by atoms with Crippen molar-refractivity contribution < 1.29 is 23.1 Å². The Kier molecular flexibility index (Phi) is 7.32.